The van der Waals surface area contributed by atoms with E-state index in [2.05, 4.69) is 37.6 Å². The number of rotatable bonds is 5. The SMILES string of the molecule is CC(C)CN(c1nc(CCl)co1)C(C)C. The van der Waals surface area contributed by atoms with E-state index in [1.165, 1.54) is 0 Å². The van der Waals surface area contributed by atoms with Gasteiger partial charge in [-0.25, -0.2) is 0 Å². The fraction of sp³-hybridized carbons (Fsp3) is 0.727. The van der Waals surface area contributed by atoms with Crippen molar-refractivity contribution in [3.05, 3.63) is 12.0 Å². The molecule has 0 radical (unpaired) electrons. The average Bonchev–Trinajstić information content (AvgIpc) is 2.61. The molecule has 4 heteroatoms. The molecule has 0 N–H and O–H groups in total. The standard InChI is InChI=1S/C11H19ClN2O/c1-8(2)6-14(9(3)4)11-13-10(5-12)7-15-11/h7-9H,5-6H2,1-4H3. The van der Waals surface area contributed by atoms with Crippen LogP contribution in [0, 0.1) is 5.92 Å². The molecule has 1 aromatic heterocycles. The van der Waals surface area contributed by atoms with Crippen molar-refractivity contribution in [2.45, 2.75) is 39.6 Å². The lowest BCUT2D eigenvalue weighted by Crippen LogP contribution is -2.34. The maximum Gasteiger partial charge on any atom is 0.297 e. The molecule has 0 saturated heterocycles. The molecule has 15 heavy (non-hydrogen) atoms. The van der Waals surface area contributed by atoms with Gasteiger partial charge in [0, 0.05) is 12.6 Å². The first-order valence-electron chi connectivity index (χ1n) is 5.31. The Morgan fingerprint density at radius 1 is 1.40 bits per heavy atom. The number of nitrogens with zero attached hydrogens (tertiary/aromatic N) is 2. The molecule has 3 nitrogen and oxygen atoms in total. The lowest BCUT2D eigenvalue weighted by molar-refractivity contribution is 0.483. The number of aromatic nitrogens is 1. The highest BCUT2D eigenvalue weighted by Gasteiger charge is 2.17. The van der Waals surface area contributed by atoms with Crippen LogP contribution in [0.2, 0.25) is 0 Å². The third-order valence-corrected chi connectivity index (χ3v) is 2.38. The first-order chi connectivity index (χ1) is 7.04. The Bertz CT molecular complexity index is 297. The number of hydrogen-bond acceptors (Lipinski definition) is 3. The highest BCUT2D eigenvalue weighted by Crippen LogP contribution is 2.18. The molecule has 0 saturated carbocycles. The van der Waals surface area contributed by atoms with Gasteiger partial charge >= 0.3 is 0 Å². The minimum atomic E-state index is 0.384. The second-order valence-electron chi connectivity index (χ2n) is 4.40. The van der Waals surface area contributed by atoms with Crippen molar-refractivity contribution < 1.29 is 4.42 Å². The van der Waals surface area contributed by atoms with Crippen LogP contribution in [0.3, 0.4) is 0 Å². The molecule has 1 rings (SSSR count). The Balaban J connectivity index is 2.79. The van der Waals surface area contributed by atoms with Gasteiger partial charge in [-0.15, -0.1) is 11.6 Å². The van der Waals surface area contributed by atoms with E-state index < -0.39 is 0 Å². The number of oxazole rings is 1. The van der Waals surface area contributed by atoms with Crippen molar-refractivity contribution in [1.29, 1.82) is 0 Å². The molecule has 0 unspecified atom stereocenters. The van der Waals surface area contributed by atoms with Crippen LogP contribution < -0.4 is 4.90 Å². The second kappa shape index (κ2) is 5.40. The van der Waals surface area contributed by atoms with Crippen molar-refractivity contribution >= 4 is 17.6 Å². The Morgan fingerprint density at radius 2 is 2.07 bits per heavy atom. The topological polar surface area (TPSA) is 29.3 Å². The van der Waals surface area contributed by atoms with E-state index in [9.17, 15) is 0 Å². The summed E-state index contributed by atoms with van der Waals surface area (Å²) in [6.07, 6.45) is 1.62. The van der Waals surface area contributed by atoms with Crippen molar-refractivity contribution in [3.8, 4) is 0 Å². The normalized spacial score (nSPS) is 11.4. The van der Waals surface area contributed by atoms with E-state index in [-0.39, 0.29) is 0 Å². The van der Waals surface area contributed by atoms with Crippen LogP contribution in [0.1, 0.15) is 33.4 Å². The number of anilines is 1. The summed E-state index contributed by atoms with van der Waals surface area (Å²) in [4.78, 5) is 6.48. The summed E-state index contributed by atoms with van der Waals surface area (Å²) in [7, 11) is 0. The second-order valence-corrected chi connectivity index (χ2v) is 4.66. The van der Waals surface area contributed by atoms with Crippen molar-refractivity contribution in [2.24, 2.45) is 5.92 Å². The molecular formula is C11H19ClN2O. The van der Waals surface area contributed by atoms with Crippen molar-refractivity contribution in [2.75, 3.05) is 11.4 Å². The van der Waals surface area contributed by atoms with E-state index in [1.807, 2.05) is 0 Å². The Hall–Kier alpha value is -0.700. The zero-order chi connectivity index (χ0) is 11.4. The van der Waals surface area contributed by atoms with E-state index in [0.717, 1.165) is 12.2 Å². The lowest BCUT2D eigenvalue weighted by atomic mass is 10.2. The largest absolute Gasteiger partial charge is 0.432 e. The number of halogens is 1. The van der Waals surface area contributed by atoms with Crippen LogP contribution >= 0.6 is 11.6 Å². The smallest absolute Gasteiger partial charge is 0.297 e. The predicted octanol–water partition coefficient (Wildman–Crippen LogP) is 3.28. The third-order valence-electron chi connectivity index (χ3n) is 2.11. The van der Waals surface area contributed by atoms with E-state index in [4.69, 9.17) is 16.0 Å². The quantitative estimate of drug-likeness (QED) is 0.727. The highest BCUT2D eigenvalue weighted by molar-refractivity contribution is 6.16. The average molecular weight is 231 g/mol. The third kappa shape index (κ3) is 3.42. The highest BCUT2D eigenvalue weighted by atomic mass is 35.5. The van der Waals surface area contributed by atoms with E-state index in [0.29, 0.717) is 23.9 Å². The summed E-state index contributed by atoms with van der Waals surface area (Å²) >= 11 is 5.69. The minimum Gasteiger partial charge on any atom is -0.432 e. The van der Waals surface area contributed by atoms with Gasteiger partial charge in [0.15, 0.2) is 0 Å². The summed E-state index contributed by atoms with van der Waals surface area (Å²) in [6.45, 7) is 9.57. The summed E-state index contributed by atoms with van der Waals surface area (Å²) in [5, 5.41) is 0. The van der Waals surface area contributed by atoms with Gasteiger partial charge in [-0.1, -0.05) is 13.8 Å². The van der Waals surface area contributed by atoms with Gasteiger partial charge in [-0.2, -0.15) is 4.98 Å². The fourth-order valence-corrected chi connectivity index (χ4v) is 1.52. The van der Waals surface area contributed by atoms with Crippen molar-refractivity contribution in [1.82, 2.24) is 4.98 Å². The van der Waals surface area contributed by atoms with E-state index >= 15 is 0 Å². The molecule has 0 fully saturated rings. The number of hydrogen-bond donors (Lipinski definition) is 0. The number of alkyl halides is 1. The van der Waals surface area contributed by atoms with Crippen LogP contribution in [0.15, 0.2) is 10.7 Å². The predicted molar refractivity (Wildman–Crippen MR) is 63.4 cm³/mol. The van der Waals surface area contributed by atoms with Gasteiger partial charge in [0.2, 0.25) is 0 Å². The summed E-state index contributed by atoms with van der Waals surface area (Å²) < 4.78 is 5.41. The van der Waals surface area contributed by atoms with Gasteiger partial charge in [-0.3, -0.25) is 0 Å². The van der Waals surface area contributed by atoms with Crippen LogP contribution in [0.25, 0.3) is 0 Å². The van der Waals surface area contributed by atoms with Gasteiger partial charge in [0.05, 0.1) is 11.6 Å². The molecule has 0 spiro atoms. The van der Waals surface area contributed by atoms with Crippen molar-refractivity contribution in [3.63, 3.8) is 0 Å². The summed E-state index contributed by atoms with van der Waals surface area (Å²) in [5.74, 6) is 0.982. The van der Waals surface area contributed by atoms with Crippen LogP contribution in [-0.4, -0.2) is 17.6 Å². The minimum absolute atomic E-state index is 0.384. The van der Waals surface area contributed by atoms with Gasteiger partial charge in [-0.05, 0) is 19.8 Å². The molecule has 1 heterocycles. The van der Waals surface area contributed by atoms with E-state index in [1.54, 1.807) is 6.26 Å². The lowest BCUT2D eigenvalue weighted by Gasteiger charge is -2.26. The van der Waals surface area contributed by atoms with Gasteiger partial charge in [0.1, 0.15) is 6.26 Å². The van der Waals surface area contributed by atoms with Gasteiger partial charge in [0.25, 0.3) is 6.01 Å². The fourth-order valence-electron chi connectivity index (χ4n) is 1.39. The molecule has 1 aromatic rings. The maximum absolute atomic E-state index is 5.69. The Morgan fingerprint density at radius 3 is 2.47 bits per heavy atom. The molecule has 0 aliphatic rings. The first-order valence-corrected chi connectivity index (χ1v) is 5.85. The maximum atomic E-state index is 5.69. The van der Waals surface area contributed by atoms with Crippen LogP contribution in [-0.2, 0) is 5.88 Å². The molecule has 86 valence electrons. The molecule has 0 amide bonds. The molecular weight excluding hydrogens is 212 g/mol. The Labute approximate surface area is 96.4 Å². The molecule has 0 bridgehead atoms. The zero-order valence-corrected chi connectivity index (χ0v) is 10.6. The Kier molecular flexibility index (Phi) is 4.45. The molecule has 0 aliphatic heterocycles. The summed E-state index contributed by atoms with van der Waals surface area (Å²) in [6, 6.07) is 1.06. The molecule has 0 atom stereocenters. The first kappa shape index (κ1) is 12.4. The van der Waals surface area contributed by atoms with Crippen LogP contribution in [0.4, 0.5) is 6.01 Å². The molecule has 0 aliphatic carbocycles. The summed E-state index contributed by atoms with van der Waals surface area (Å²) in [5.41, 5.74) is 0.793. The van der Waals surface area contributed by atoms with Gasteiger partial charge < -0.3 is 9.32 Å². The monoisotopic (exact) mass is 230 g/mol. The zero-order valence-electron chi connectivity index (χ0n) is 9.83. The molecule has 0 aromatic carbocycles. The van der Waals surface area contributed by atoms with Crippen LogP contribution in [0.5, 0.6) is 0 Å².